The minimum atomic E-state index is -1.24. The Labute approximate surface area is 203 Å². The van der Waals surface area contributed by atoms with Crippen molar-refractivity contribution in [3.63, 3.8) is 0 Å². The van der Waals surface area contributed by atoms with Gasteiger partial charge in [-0.15, -0.1) is 0 Å². The van der Waals surface area contributed by atoms with Crippen molar-refractivity contribution >= 4 is 23.6 Å². The second-order valence-corrected chi connectivity index (χ2v) is 8.49. The van der Waals surface area contributed by atoms with Crippen LogP contribution in [0.1, 0.15) is 52.1 Å². The zero-order chi connectivity index (χ0) is 24.6. The van der Waals surface area contributed by atoms with Crippen LogP contribution in [0.3, 0.4) is 0 Å². The van der Waals surface area contributed by atoms with Gasteiger partial charge in [-0.3, -0.25) is 9.59 Å². The summed E-state index contributed by atoms with van der Waals surface area (Å²) in [4.78, 5) is 36.9. The van der Waals surface area contributed by atoms with Gasteiger partial charge in [-0.05, 0) is 30.5 Å². The van der Waals surface area contributed by atoms with Crippen LogP contribution in [0.2, 0.25) is 0 Å². The van der Waals surface area contributed by atoms with E-state index in [9.17, 15) is 19.5 Å². The van der Waals surface area contributed by atoms with E-state index in [0.29, 0.717) is 12.2 Å². The average molecular weight is 477 g/mol. The molecule has 9 heteroatoms. The summed E-state index contributed by atoms with van der Waals surface area (Å²) in [5.74, 6) is -1.97. The van der Waals surface area contributed by atoms with Gasteiger partial charge in [-0.2, -0.15) is 5.10 Å². The summed E-state index contributed by atoms with van der Waals surface area (Å²) < 4.78 is 7.19. The number of carboxylic acid groups (broad SMARTS) is 1. The van der Waals surface area contributed by atoms with E-state index in [1.807, 2.05) is 30.3 Å². The molecule has 1 aliphatic rings. The van der Waals surface area contributed by atoms with Crippen molar-refractivity contribution in [2.24, 2.45) is 0 Å². The number of carboxylic acids is 1. The molecule has 2 atom stereocenters. The van der Waals surface area contributed by atoms with Crippen molar-refractivity contribution in [3.05, 3.63) is 83.6 Å². The highest BCUT2D eigenvalue weighted by Gasteiger charge is 2.28. The largest absolute Gasteiger partial charge is 0.477 e. The maximum atomic E-state index is 12.8. The fraction of sp³-hybridized carbons (Fsp3) is 0.308. The van der Waals surface area contributed by atoms with Gasteiger partial charge in [0.2, 0.25) is 5.91 Å². The number of hydrogen-bond acceptors (Lipinski definition) is 5. The molecule has 1 heterocycles. The standard InChI is InChI=1S/C26H28N4O5/c31-24(27-20-13-7-8-14-22(20)35-17-18-9-3-1-4-10-18)16-30-21(26(33)34)15-23(29-30)28-25(32)19-11-5-2-6-12-19/h1-6,9-12,15,20,22H,7-8,13-14,16-17H2,(H,27,31)(H,33,34)(H,28,29,32). The number of carbonyl (C=O) groups is 3. The Morgan fingerprint density at radius 2 is 1.69 bits per heavy atom. The highest BCUT2D eigenvalue weighted by molar-refractivity contribution is 6.04. The van der Waals surface area contributed by atoms with Crippen LogP contribution in [0, 0.1) is 0 Å². The van der Waals surface area contributed by atoms with E-state index in [1.165, 1.54) is 6.07 Å². The topological polar surface area (TPSA) is 123 Å². The molecule has 182 valence electrons. The third-order valence-electron chi connectivity index (χ3n) is 5.93. The van der Waals surface area contributed by atoms with Gasteiger partial charge < -0.3 is 20.5 Å². The number of ether oxygens (including phenoxy) is 1. The second-order valence-electron chi connectivity index (χ2n) is 8.49. The molecule has 0 spiro atoms. The lowest BCUT2D eigenvalue weighted by atomic mass is 9.92. The first-order valence-electron chi connectivity index (χ1n) is 11.6. The second kappa shape index (κ2) is 11.4. The minimum Gasteiger partial charge on any atom is -0.477 e. The first kappa shape index (κ1) is 24.2. The third-order valence-corrected chi connectivity index (χ3v) is 5.93. The predicted molar refractivity (Wildman–Crippen MR) is 129 cm³/mol. The smallest absolute Gasteiger partial charge is 0.354 e. The van der Waals surface area contributed by atoms with Crippen LogP contribution in [-0.4, -0.2) is 44.8 Å². The maximum absolute atomic E-state index is 12.8. The van der Waals surface area contributed by atoms with E-state index < -0.39 is 11.9 Å². The molecule has 2 unspecified atom stereocenters. The van der Waals surface area contributed by atoms with Crippen molar-refractivity contribution in [3.8, 4) is 0 Å². The number of nitrogens with one attached hydrogen (secondary N) is 2. The van der Waals surface area contributed by atoms with Crippen LogP contribution in [-0.2, 0) is 22.7 Å². The van der Waals surface area contributed by atoms with Gasteiger partial charge in [0.25, 0.3) is 5.91 Å². The van der Waals surface area contributed by atoms with Crippen LogP contribution in [0.25, 0.3) is 0 Å². The Morgan fingerprint density at radius 3 is 2.40 bits per heavy atom. The lowest BCUT2D eigenvalue weighted by Crippen LogP contribution is -2.47. The van der Waals surface area contributed by atoms with Crippen LogP contribution < -0.4 is 10.6 Å². The van der Waals surface area contributed by atoms with Gasteiger partial charge in [0, 0.05) is 11.6 Å². The molecule has 0 radical (unpaired) electrons. The molecule has 0 aliphatic heterocycles. The lowest BCUT2D eigenvalue weighted by Gasteiger charge is -2.32. The average Bonchev–Trinajstić information content (AvgIpc) is 3.26. The summed E-state index contributed by atoms with van der Waals surface area (Å²) in [7, 11) is 0. The molecule has 1 fully saturated rings. The summed E-state index contributed by atoms with van der Waals surface area (Å²) in [5, 5.41) is 19.3. The zero-order valence-electron chi connectivity index (χ0n) is 19.2. The predicted octanol–water partition coefficient (Wildman–Crippen LogP) is 3.48. The summed E-state index contributed by atoms with van der Waals surface area (Å²) >= 11 is 0. The molecule has 3 N–H and O–H groups in total. The molecule has 0 saturated heterocycles. The van der Waals surface area contributed by atoms with Crippen molar-refractivity contribution in [2.45, 2.75) is 51.0 Å². The molecule has 1 aromatic heterocycles. The molecule has 1 saturated carbocycles. The van der Waals surface area contributed by atoms with E-state index in [0.717, 1.165) is 35.9 Å². The quantitative estimate of drug-likeness (QED) is 0.435. The maximum Gasteiger partial charge on any atom is 0.354 e. The molecule has 2 aromatic carbocycles. The van der Waals surface area contributed by atoms with E-state index in [1.54, 1.807) is 30.3 Å². The third kappa shape index (κ3) is 6.54. The van der Waals surface area contributed by atoms with Gasteiger partial charge in [0.1, 0.15) is 12.2 Å². The van der Waals surface area contributed by atoms with Gasteiger partial charge in [0.05, 0.1) is 18.8 Å². The lowest BCUT2D eigenvalue weighted by molar-refractivity contribution is -0.124. The molecule has 35 heavy (non-hydrogen) atoms. The van der Waals surface area contributed by atoms with E-state index in [-0.39, 0.29) is 36.1 Å². The molecule has 1 aliphatic carbocycles. The SMILES string of the molecule is O=C(Cn1nc(NC(=O)c2ccccc2)cc1C(=O)O)NC1CCCCC1OCc1ccccc1. The number of benzene rings is 2. The van der Waals surface area contributed by atoms with Crippen LogP contribution in [0.5, 0.6) is 0 Å². The Morgan fingerprint density at radius 1 is 1.00 bits per heavy atom. The molecular weight excluding hydrogens is 448 g/mol. The van der Waals surface area contributed by atoms with Crippen molar-refractivity contribution < 1.29 is 24.2 Å². The number of carbonyl (C=O) groups excluding carboxylic acids is 2. The summed E-state index contributed by atoms with van der Waals surface area (Å²) in [6.07, 6.45) is 3.52. The van der Waals surface area contributed by atoms with Crippen LogP contribution >= 0.6 is 0 Å². The Balaban J connectivity index is 1.38. The van der Waals surface area contributed by atoms with Gasteiger partial charge in [-0.1, -0.05) is 61.4 Å². The zero-order valence-corrected chi connectivity index (χ0v) is 19.2. The number of hydrogen-bond donors (Lipinski definition) is 3. The number of rotatable bonds is 9. The van der Waals surface area contributed by atoms with Crippen LogP contribution in [0.4, 0.5) is 5.82 Å². The first-order chi connectivity index (χ1) is 17.0. The molecule has 3 aromatic rings. The van der Waals surface area contributed by atoms with Crippen molar-refractivity contribution in [1.82, 2.24) is 15.1 Å². The van der Waals surface area contributed by atoms with Gasteiger partial charge in [-0.25, -0.2) is 9.48 Å². The number of aromatic nitrogens is 2. The Kier molecular flexibility index (Phi) is 7.89. The highest BCUT2D eigenvalue weighted by atomic mass is 16.5. The van der Waals surface area contributed by atoms with Gasteiger partial charge in [0.15, 0.2) is 5.82 Å². The molecule has 0 bridgehead atoms. The molecule has 9 nitrogen and oxygen atoms in total. The van der Waals surface area contributed by atoms with E-state index >= 15 is 0 Å². The number of nitrogens with zero attached hydrogens (tertiary/aromatic N) is 2. The van der Waals surface area contributed by atoms with E-state index in [4.69, 9.17) is 4.74 Å². The van der Waals surface area contributed by atoms with E-state index in [2.05, 4.69) is 15.7 Å². The molecule has 2 amide bonds. The Hall–Kier alpha value is -3.98. The summed E-state index contributed by atoms with van der Waals surface area (Å²) in [5.41, 5.74) is 1.29. The molecule has 4 rings (SSSR count). The van der Waals surface area contributed by atoms with Crippen LogP contribution in [0.15, 0.2) is 66.7 Å². The van der Waals surface area contributed by atoms with Gasteiger partial charge >= 0.3 is 5.97 Å². The Bertz CT molecular complexity index is 1160. The number of aromatic carboxylic acids is 1. The summed E-state index contributed by atoms with van der Waals surface area (Å²) in [6.45, 7) is 0.176. The van der Waals surface area contributed by atoms with Crippen molar-refractivity contribution in [1.29, 1.82) is 0 Å². The summed E-state index contributed by atoms with van der Waals surface area (Å²) in [6, 6.07) is 19.4. The highest BCUT2D eigenvalue weighted by Crippen LogP contribution is 2.23. The number of amides is 2. The fourth-order valence-electron chi connectivity index (χ4n) is 4.18. The number of anilines is 1. The first-order valence-corrected chi connectivity index (χ1v) is 11.6. The normalized spacial score (nSPS) is 17.5. The van der Waals surface area contributed by atoms with Crippen molar-refractivity contribution in [2.75, 3.05) is 5.32 Å². The molecular formula is C26H28N4O5. The minimum absolute atomic E-state index is 0.0609. The fourth-order valence-corrected chi connectivity index (χ4v) is 4.18. The monoisotopic (exact) mass is 476 g/mol.